The highest BCUT2D eigenvalue weighted by molar-refractivity contribution is 5.66. The monoisotopic (exact) mass is 202 g/mol. The molecule has 0 unspecified atom stereocenters. The topological polar surface area (TPSA) is 93.7 Å². The van der Waals surface area contributed by atoms with Crippen molar-refractivity contribution in [2.75, 3.05) is 19.4 Å². The standard InChI is InChI=1S/C7H10N2O5/c1-8-5-4(13-7(11)14-5)3-12-6(10)9-2/h8H,3H2,1-2H3,(H,9,10). The Labute approximate surface area is 79.0 Å². The number of alkyl carbamates (subject to hydrolysis) is 1. The molecule has 0 aromatic carbocycles. The average molecular weight is 202 g/mol. The molecule has 1 aromatic heterocycles. The van der Waals surface area contributed by atoms with Gasteiger partial charge in [-0.2, -0.15) is 0 Å². The van der Waals surface area contributed by atoms with Crippen molar-refractivity contribution in [3.05, 3.63) is 16.4 Å². The van der Waals surface area contributed by atoms with Crippen LogP contribution in [0.5, 0.6) is 0 Å². The molecular weight excluding hydrogens is 192 g/mol. The Kier molecular flexibility index (Phi) is 3.16. The van der Waals surface area contributed by atoms with E-state index in [0.29, 0.717) is 0 Å². The fourth-order valence-corrected chi connectivity index (χ4v) is 0.797. The van der Waals surface area contributed by atoms with Crippen LogP contribution in [0.15, 0.2) is 13.6 Å². The number of carbonyl (C=O) groups excluding carboxylic acids is 1. The van der Waals surface area contributed by atoms with Crippen LogP contribution < -0.4 is 16.5 Å². The zero-order chi connectivity index (χ0) is 10.6. The predicted octanol–water partition coefficient (Wildman–Crippen LogP) is 0.131. The molecule has 0 saturated carbocycles. The fraction of sp³-hybridized carbons (Fsp3) is 0.429. The van der Waals surface area contributed by atoms with Crippen LogP contribution in [0.3, 0.4) is 0 Å². The van der Waals surface area contributed by atoms with E-state index in [-0.39, 0.29) is 18.3 Å². The minimum atomic E-state index is -0.843. The molecule has 2 N–H and O–H groups in total. The Morgan fingerprint density at radius 1 is 1.43 bits per heavy atom. The predicted molar refractivity (Wildman–Crippen MR) is 46.0 cm³/mol. The molecule has 1 aromatic rings. The SMILES string of the molecule is CNC(=O)OCc1oc(=O)oc1NC. The summed E-state index contributed by atoms with van der Waals surface area (Å²) in [7, 11) is 2.98. The van der Waals surface area contributed by atoms with Crippen LogP contribution in [0.25, 0.3) is 0 Å². The first-order chi connectivity index (χ1) is 6.67. The van der Waals surface area contributed by atoms with Gasteiger partial charge >= 0.3 is 11.9 Å². The summed E-state index contributed by atoms with van der Waals surface area (Å²) in [5.41, 5.74) is 0. The molecule has 0 atom stereocenters. The van der Waals surface area contributed by atoms with Crippen LogP contribution in [-0.2, 0) is 11.3 Å². The number of ether oxygens (including phenoxy) is 1. The van der Waals surface area contributed by atoms with E-state index in [4.69, 9.17) is 0 Å². The second-order valence-corrected chi connectivity index (χ2v) is 2.28. The van der Waals surface area contributed by atoms with Crippen LogP contribution >= 0.6 is 0 Å². The molecule has 14 heavy (non-hydrogen) atoms. The first-order valence-electron chi connectivity index (χ1n) is 3.82. The third-order valence-corrected chi connectivity index (χ3v) is 1.41. The zero-order valence-electron chi connectivity index (χ0n) is 7.75. The molecule has 7 nitrogen and oxygen atoms in total. The first kappa shape index (κ1) is 10.2. The maximum atomic E-state index is 10.7. The van der Waals surface area contributed by atoms with E-state index in [9.17, 15) is 9.59 Å². The van der Waals surface area contributed by atoms with Crippen molar-refractivity contribution in [2.45, 2.75) is 6.61 Å². The molecule has 1 rings (SSSR count). The Bertz CT molecular complexity index is 366. The van der Waals surface area contributed by atoms with Crippen LogP contribution in [-0.4, -0.2) is 20.2 Å². The molecule has 1 heterocycles. The van der Waals surface area contributed by atoms with Crippen molar-refractivity contribution in [3.63, 3.8) is 0 Å². The van der Waals surface area contributed by atoms with Gasteiger partial charge in [0, 0.05) is 14.1 Å². The molecule has 0 radical (unpaired) electrons. The molecule has 0 aliphatic heterocycles. The van der Waals surface area contributed by atoms with Gasteiger partial charge in [-0.1, -0.05) is 0 Å². The first-order valence-corrected chi connectivity index (χ1v) is 3.82. The van der Waals surface area contributed by atoms with Gasteiger partial charge in [-0.15, -0.1) is 0 Å². The van der Waals surface area contributed by atoms with E-state index in [2.05, 4.69) is 24.2 Å². The zero-order valence-corrected chi connectivity index (χ0v) is 7.75. The van der Waals surface area contributed by atoms with E-state index in [1.54, 1.807) is 7.05 Å². The summed E-state index contributed by atoms with van der Waals surface area (Å²) in [5.74, 6) is -0.551. The summed E-state index contributed by atoms with van der Waals surface area (Å²) in [6, 6.07) is 0. The number of nitrogens with one attached hydrogen (secondary N) is 2. The van der Waals surface area contributed by atoms with Crippen molar-refractivity contribution in [1.29, 1.82) is 0 Å². The second-order valence-electron chi connectivity index (χ2n) is 2.28. The van der Waals surface area contributed by atoms with Crippen LogP contribution in [0.2, 0.25) is 0 Å². The second kappa shape index (κ2) is 4.35. The van der Waals surface area contributed by atoms with Crippen LogP contribution in [0.1, 0.15) is 5.76 Å². The fourth-order valence-electron chi connectivity index (χ4n) is 0.797. The minimum Gasteiger partial charge on any atom is -0.441 e. The molecule has 0 aliphatic carbocycles. The van der Waals surface area contributed by atoms with Gasteiger partial charge < -0.3 is 24.2 Å². The Morgan fingerprint density at radius 2 is 2.14 bits per heavy atom. The Morgan fingerprint density at radius 3 is 2.71 bits per heavy atom. The highest BCUT2D eigenvalue weighted by atomic mass is 16.6. The smallest absolute Gasteiger partial charge is 0.441 e. The Hall–Kier alpha value is -1.92. The summed E-state index contributed by atoms with van der Waals surface area (Å²) in [6.07, 6.45) is -0.615. The number of carbonyl (C=O) groups is 1. The van der Waals surface area contributed by atoms with Crippen molar-refractivity contribution in [1.82, 2.24) is 5.32 Å². The lowest BCUT2D eigenvalue weighted by molar-refractivity contribution is 0.133. The molecule has 0 fully saturated rings. The van der Waals surface area contributed by atoms with Crippen LogP contribution in [0.4, 0.5) is 10.7 Å². The van der Waals surface area contributed by atoms with Gasteiger partial charge in [0.25, 0.3) is 0 Å². The number of amides is 1. The number of anilines is 1. The van der Waals surface area contributed by atoms with E-state index >= 15 is 0 Å². The van der Waals surface area contributed by atoms with Crippen molar-refractivity contribution < 1.29 is 18.4 Å². The molecule has 0 aliphatic rings. The van der Waals surface area contributed by atoms with E-state index in [1.807, 2.05) is 0 Å². The third-order valence-electron chi connectivity index (χ3n) is 1.41. The third kappa shape index (κ3) is 2.28. The van der Waals surface area contributed by atoms with Gasteiger partial charge in [0.05, 0.1) is 0 Å². The van der Waals surface area contributed by atoms with Gasteiger partial charge in [0.15, 0.2) is 6.61 Å². The average Bonchev–Trinajstić information content (AvgIpc) is 2.55. The summed E-state index contributed by atoms with van der Waals surface area (Å²) < 4.78 is 13.8. The minimum absolute atomic E-state index is 0.140. The number of hydrogen-bond acceptors (Lipinski definition) is 6. The van der Waals surface area contributed by atoms with Crippen molar-refractivity contribution >= 4 is 12.0 Å². The number of rotatable bonds is 3. The molecule has 0 bridgehead atoms. The highest BCUT2D eigenvalue weighted by Gasteiger charge is 2.12. The van der Waals surface area contributed by atoms with Crippen molar-refractivity contribution in [2.24, 2.45) is 0 Å². The maximum absolute atomic E-state index is 10.7. The lowest BCUT2D eigenvalue weighted by atomic mass is 10.5. The summed E-state index contributed by atoms with van der Waals surface area (Å²) in [4.78, 5) is 21.3. The van der Waals surface area contributed by atoms with E-state index < -0.39 is 11.9 Å². The molecule has 1 amide bonds. The van der Waals surface area contributed by atoms with Gasteiger partial charge in [-0.05, 0) is 0 Å². The van der Waals surface area contributed by atoms with Crippen molar-refractivity contribution in [3.8, 4) is 0 Å². The summed E-state index contributed by atoms with van der Waals surface area (Å²) in [6.45, 7) is -0.165. The Balaban J connectivity index is 2.66. The van der Waals surface area contributed by atoms with Gasteiger partial charge in [-0.3, -0.25) is 0 Å². The number of hydrogen-bond donors (Lipinski definition) is 2. The maximum Gasteiger partial charge on any atom is 0.520 e. The van der Waals surface area contributed by atoms with Gasteiger partial charge in [0.2, 0.25) is 11.6 Å². The summed E-state index contributed by atoms with van der Waals surface area (Å²) in [5, 5.41) is 4.83. The molecule has 0 spiro atoms. The van der Waals surface area contributed by atoms with E-state index in [0.717, 1.165) is 0 Å². The lowest BCUT2D eigenvalue weighted by Crippen LogP contribution is -2.18. The highest BCUT2D eigenvalue weighted by Crippen LogP contribution is 2.13. The van der Waals surface area contributed by atoms with Crippen LogP contribution in [0, 0.1) is 0 Å². The molecular formula is C7H10N2O5. The summed E-state index contributed by atoms with van der Waals surface area (Å²) >= 11 is 0. The van der Waals surface area contributed by atoms with Gasteiger partial charge in [0.1, 0.15) is 0 Å². The molecule has 0 saturated heterocycles. The largest absolute Gasteiger partial charge is 0.520 e. The lowest BCUT2D eigenvalue weighted by Gasteiger charge is -2.01. The normalized spacial score (nSPS) is 9.57. The van der Waals surface area contributed by atoms with E-state index in [1.165, 1.54) is 7.05 Å². The van der Waals surface area contributed by atoms with Gasteiger partial charge in [-0.25, -0.2) is 9.59 Å². The molecule has 78 valence electrons. The quantitative estimate of drug-likeness (QED) is 0.723. The molecule has 7 heteroatoms.